The van der Waals surface area contributed by atoms with Crippen molar-refractivity contribution >= 4 is 50.0 Å². The fourth-order valence-corrected chi connectivity index (χ4v) is 3.46. The highest BCUT2D eigenvalue weighted by molar-refractivity contribution is 14.1. The van der Waals surface area contributed by atoms with Crippen LogP contribution in [0.2, 0.25) is 0 Å². The van der Waals surface area contributed by atoms with Crippen molar-refractivity contribution in [1.29, 1.82) is 0 Å². The molecule has 0 bridgehead atoms. The number of Topliss-reactive ketones (excluding diaryl/α,β-unsaturated/α-hetero) is 1. The minimum Gasteiger partial charge on any atom is -0.326 e. The van der Waals surface area contributed by atoms with E-state index in [0.29, 0.717) is 11.3 Å². The van der Waals surface area contributed by atoms with Crippen molar-refractivity contribution < 1.29 is 18.0 Å². The van der Waals surface area contributed by atoms with Crippen LogP contribution < -0.4 is 10.0 Å². The zero-order valence-corrected chi connectivity index (χ0v) is 16.4. The van der Waals surface area contributed by atoms with Gasteiger partial charge in [0.05, 0.1) is 4.90 Å². The van der Waals surface area contributed by atoms with Crippen LogP contribution in [0.1, 0.15) is 23.7 Å². The standard InChI is InChI=1S/C17H17IN2O4S/c1-12(21)13-3-2-4-16(11-13)25(23,24)19-10-9-17(22)20-15-7-5-14(18)6-8-15/h2-8,11,19H,9-10H2,1H3,(H,20,22). The third-order valence-electron chi connectivity index (χ3n) is 3.32. The number of ketones is 1. The van der Waals surface area contributed by atoms with Crippen molar-refractivity contribution in [2.45, 2.75) is 18.2 Å². The molecule has 0 aliphatic heterocycles. The summed E-state index contributed by atoms with van der Waals surface area (Å²) in [5, 5.41) is 2.70. The van der Waals surface area contributed by atoms with Crippen LogP contribution in [0, 0.1) is 3.57 Å². The molecular weight excluding hydrogens is 455 g/mol. The summed E-state index contributed by atoms with van der Waals surface area (Å²) in [7, 11) is -3.77. The Kier molecular flexibility index (Phi) is 6.68. The predicted octanol–water partition coefficient (Wildman–Crippen LogP) is 2.80. The molecule has 0 aromatic heterocycles. The number of nitrogens with one attached hydrogen (secondary N) is 2. The Balaban J connectivity index is 1.91. The van der Waals surface area contributed by atoms with Gasteiger partial charge in [-0.1, -0.05) is 12.1 Å². The topological polar surface area (TPSA) is 92.3 Å². The second kappa shape index (κ2) is 8.54. The molecule has 0 radical (unpaired) electrons. The minimum atomic E-state index is -3.77. The first-order valence-electron chi connectivity index (χ1n) is 7.44. The van der Waals surface area contributed by atoms with Crippen molar-refractivity contribution in [2.75, 3.05) is 11.9 Å². The highest BCUT2D eigenvalue weighted by Crippen LogP contribution is 2.13. The normalized spacial score (nSPS) is 11.1. The lowest BCUT2D eigenvalue weighted by atomic mass is 10.2. The number of halogens is 1. The van der Waals surface area contributed by atoms with Gasteiger partial charge in [0.25, 0.3) is 0 Å². The van der Waals surface area contributed by atoms with E-state index in [4.69, 9.17) is 0 Å². The van der Waals surface area contributed by atoms with Gasteiger partial charge in [0.1, 0.15) is 0 Å². The largest absolute Gasteiger partial charge is 0.326 e. The Morgan fingerprint density at radius 2 is 1.76 bits per heavy atom. The monoisotopic (exact) mass is 472 g/mol. The fourth-order valence-electron chi connectivity index (χ4n) is 2.02. The number of hydrogen-bond acceptors (Lipinski definition) is 4. The van der Waals surface area contributed by atoms with E-state index in [9.17, 15) is 18.0 Å². The average molecular weight is 472 g/mol. The molecule has 2 aromatic rings. The number of anilines is 1. The summed E-state index contributed by atoms with van der Waals surface area (Å²) >= 11 is 2.16. The molecule has 8 heteroatoms. The summed E-state index contributed by atoms with van der Waals surface area (Å²) in [5.41, 5.74) is 0.974. The van der Waals surface area contributed by atoms with E-state index < -0.39 is 10.0 Å². The zero-order chi connectivity index (χ0) is 18.4. The summed E-state index contributed by atoms with van der Waals surface area (Å²) in [6.07, 6.45) is -0.00237. The molecule has 2 N–H and O–H groups in total. The number of benzene rings is 2. The molecule has 2 rings (SSSR count). The molecule has 1 amide bonds. The SMILES string of the molecule is CC(=O)c1cccc(S(=O)(=O)NCCC(=O)Nc2ccc(I)cc2)c1. The minimum absolute atomic E-state index is 0.00163. The molecule has 0 heterocycles. The van der Waals surface area contributed by atoms with Crippen molar-refractivity contribution in [3.63, 3.8) is 0 Å². The van der Waals surface area contributed by atoms with Crippen LogP contribution in [0.5, 0.6) is 0 Å². The van der Waals surface area contributed by atoms with Gasteiger partial charge in [-0.2, -0.15) is 0 Å². The number of carbonyl (C=O) groups excluding carboxylic acids is 2. The molecule has 0 fully saturated rings. The first kappa shape index (κ1) is 19.5. The van der Waals surface area contributed by atoms with E-state index in [0.717, 1.165) is 3.57 Å². The van der Waals surface area contributed by atoms with Crippen LogP contribution in [0.4, 0.5) is 5.69 Å². The Labute approximate surface area is 160 Å². The number of sulfonamides is 1. The number of hydrogen-bond donors (Lipinski definition) is 2. The van der Waals surface area contributed by atoms with Gasteiger partial charge in [-0.15, -0.1) is 0 Å². The lowest BCUT2D eigenvalue weighted by molar-refractivity contribution is -0.116. The number of rotatable bonds is 7. The van der Waals surface area contributed by atoms with Crippen LogP contribution in [0.3, 0.4) is 0 Å². The van der Waals surface area contributed by atoms with Crippen LogP contribution in [0.25, 0.3) is 0 Å². The quantitative estimate of drug-likeness (QED) is 0.479. The molecule has 0 saturated carbocycles. The molecule has 0 spiro atoms. The summed E-state index contributed by atoms with van der Waals surface area (Å²) in [5.74, 6) is -0.504. The molecule has 2 aromatic carbocycles. The van der Waals surface area contributed by atoms with Gasteiger partial charge in [0.15, 0.2) is 5.78 Å². The van der Waals surface area contributed by atoms with Gasteiger partial charge in [0, 0.05) is 27.8 Å². The molecule has 0 aliphatic carbocycles. The lowest BCUT2D eigenvalue weighted by Crippen LogP contribution is -2.28. The molecular formula is C17H17IN2O4S. The second-order valence-electron chi connectivity index (χ2n) is 5.29. The van der Waals surface area contributed by atoms with Crippen LogP contribution in [-0.2, 0) is 14.8 Å². The summed E-state index contributed by atoms with van der Waals surface area (Å²) < 4.78 is 27.9. The van der Waals surface area contributed by atoms with E-state index in [1.807, 2.05) is 12.1 Å². The van der Waals surface area contributed by atoms with Crippen molar-refractivity contribution in [2.24, 2.45) is 0 Å². The van der Waals surface area contributed by atoms with Gasteiger partial charge in [-0.05, 0) is 65.9 Å². The number of amides is 1. The van der Waals surface area contributed by atoms with E-state index in [-0.39, 0.29) is 29.6 Å². The van der Waals surface area contributed by atoms with Crippen molar-refractivity contribution in [1.82, 2.24) is 4.72 Å². The molecule has 6 nitrogen and oxygen atoms in total. The smallest absolute Gasteiger partial charge is 0.240 e. The fraction of sp³-hybridized carbons (Fsp3) is 0.176. The van der Waals surface area contributed by atoms with Crippen molar-refractivity contribution in [3.05, 3.63) is 57.7 Å². The second-order valence-corrected chi connectivity index (χ2v) is 8.30. The van der Waals surface area contributed by atoms with Crippen LogP contribution in [-0.4, -0.2) is 26.7 Å². The number of carbonyl (C=O) groups is 2. The Morgan fingerprint density at radius 1 is 1.08 bits per heavy atom. The Morgan fingerprint density at radius 3 is 2.40 bits per heavy atom. The summed E-state index contributed by atoms with van der Waals surface area (Å²) in [6.45, 7) is 1.33. The lowest BCUT2D eigenvalue weighted by Gasteiger charge is -2.08. The maximum atomic E-state index is 12.2. The van der Waals surface area contributed by atoms with Gasteiger partial charge in [0.2, 0.25) is 15.9 Å². The zero-order valence-electron chi connectivity index (χ0n) is 13.5. The van der Waals surface area contributed by atoms with Crippen LogP contribution >= 0.6 is 22.6 Å². The molecule has 0 aliphatic rings. The molecule has 25 heavy (non-hydrogen) atoms. The predicted molar refractivity (Wildman–Crippen MR) is 104 cm³/mol. The van der Waals surface area contributed by atoms with Gasteiger partial charge in [-0.25, -0.2) is 13.1 Å². The summed E-state index contributed by atoms with van der Waals surface area (Å²) in [4.78, 5) is 23.2. The third-order valence-corrected chi connectivity index (χ3v) is 5.50. The Hall–Kier alpha value is -1.78. The maximum absolute atomic E-state index is 12.2. The van der Waals surface area contributed by atoms with Gasteiger partial charge in [-0.3, -0.25) is 9.59 Å². The van der Waals surface area contributed by atoms with Crippen LogP contribution in [0.15, 0.2) is 53.4 Å². The Bertz CT molecular complexity index is 880. The average Bonchev–Trinajstić information content (AvgIpc) is 2.57. The highest BCUT2D eigenvalue weighted by atomic mass is 127. The third kappa shape index (κ3) is 5.91. The van der Waals surface area contributed by atoms with E-state index in [1.54, 1.807) is 18.2 Å². The molecule has 0 atom stereocenters. The van der Waals surface area contributed by atoms with E-state index in [2.05, 4.69) is 32.6 Å². The highest BCUT2D eigenvalue weighted by Gasteiger charge is 2.15. The molecule has 0 unspecified atom stereocenters. The first-order chi connectivity index (χ1) is 11.8. The van der Waals surface area contributed by atoms with Gasteiger partial charge < -0.3 is 5.32 Å². The maximum Gasteiger partial charge on any atom is 0.240 e. The van der Waals surface area contributed by atoms with Gasteiger partial charge >= 0.3 is 0 Å². The van der Waals surface area contributed by atoms with Crippen molar-refractivity contribution in [3.8, 4) is 0 Å². The van der Waals surface area contributed by atoms with E-state index >= 15 is 0 Å². The molecule has 132 valence electrons. The van der Waals surface area contributed by atoms with E-state index in [1.165, 1.54) is 25.1 Å². The first-order valence-corrected chi connectivity index (χ1v) is 10.0. The summed E-state index contributed by atoms with van der Waals surface area (Å²) in [6, 6.07) is 13.1. The molecule has 0 saturated heterocycles.